The van der Waals surface area contributed by atoms with Crippen molar-refractivity contribution in [2.24, 2.45) is 0 Å². The summed E-state index contributed by atoms with van der Waals surface area (Å²) in [6, 6.07) is 6.30. The lowest BCUT2D eigenvalue weighted by Gasteiger charge is -2.43. The Morgan fingerprint density at radius 3 is 2.50 bits per heavy atom. The maximum absolute atomic E-state index is 12.9. The molecule has 0 bridgehead atoms. The minimum Gasteiger partial charge on any atom is -0.369 e. The number of hydrogen-bond acceptors (Lipinski definition) is 3. The van der Waals surface area contributed by atoms with E-state index in [4.69, 9.17) is 0 Å². The van der Waals surface area contributed by atoms with Crippen molar-refractivity contribution >= 4 is 5.69 Å². The highest BCUT2D eigenvalue weighted by Gasteiger charge is 2.32. The van der Waals surface area contributed by atoms with Crippen LogP contribution in [-0.2, 0) is 6.18 Å². The third-order valence-electron chi connectivity index (χ3n) is 5.30. The summed E-state index contributed by atoms with van der Waals surface area (Å²) in [5, 5.41) is 0. The van der Waals surface area contributed by atoms with Crippen LogP contribution in [0.5, 0.6) is 0 Å². The SMILES string of the molecule is CCN1CCCC(N2CCN(c3cccc(C(F)(F)F)c3)CC2)C1. The standard InChI is InChI=1S/C18H26F3N3/c1-2-22-8-4-7-17(14-22)24-11-9-23(10-12-24)16-6-3-5-15(13-16)18(19,20)21/h3,5-6,13,17H,2,4,7-12,14H2,1H3. The third-order valence-corrected chi connectivity index (χ3v) is 5.30. The molecule has 0 saturated carbocycles. The maximum Gasteiger partial charge on any atom is 0.416 e. The highest BCUT2D eigenvalue weighted by atomic mass is 19.4. The van der Waals surface area contributed by atoms with E-state index in [2.05, 4.69) is 21.6 Å². The zero-order chi connectivity index (χ0) is 17.2. The van der Waals surface area contributed by atoms with Gasteiger partial charge in [-0.15, -0.1) is 0 Å². The van der Waals surface area contributed by atoms with Crippen LogP contribution in [0.4, 0.5) is 18.9 Å². The Morgan fingerprint density at radius 1 is 1.08 bits per heavy atom. The zero-order valence-corrected chi connectivity index (χ0v) is 14.2. The van der Waals surface area contributed by atoms with E-state index in [0.29, 0.717) is 11.7 Å². The number of anilines is 1. The summed E-state index contributed by atoms with van der Waals surface area (Å²) >= 11 is 0. The van der Waals surface area contributed by atoms with Crippen molar-refractivity contribution in [2.75, 3.05) is 50.7 Å². The Kier molecular flexibility index (Phi) is 5.35. The number of likely N-dealkylation sites (N-methyl/N-ethyl adjacent to an activating group) is 1. The van der Waals surface area contributed by atoms with Crippen LogP contribution in [-0.4, -0.2) is 61.7 Å². The van der Waals surface area contributed by atoms with Gasteiger partial charge in [0.05, 0.1) is 5.56 Å². The number of piperazine rings is 1. The first kappa shape index (κ1) is 17.5. The van der Waals surface area contributed by atoms with Crippen LogP contribution in [0, 0.1) is 0 Å². The average molecular weight is 341 g/mol. The lowest BCUT2D eigenvalue weighted by atomic mass is 10.0. The lowest BCUT2D eigenvalue weighted by Crippen LogP contribution is -2.55. The molecule has 0 N–H and O–H groups in total. The van der Waals surface area contributed by atoms with Gasteiger partial charge in [0, 0.05) is 44.5 Å². The Morgan fingerprint density at radius 2 is 1.83 bits per heavy atom. The van der Waals surface area contributed by atoms with Gasteiger partial charge in [-0.05, 0) is 44.1 Å². The number of nitrogens with zero attached hydrogens (tertiary/aromatic N) is 3. The molecule has 0 aromatic heterocycles. The second kappa shape index (κ2) is 7.31. The van der Waals surface area contributed by atoms with Gasteiger partial charge < -0.3 is 9.80 Å². The van der Waals surface area contributed by atoms with E-state index in [-0.39, 0.29) is 0 Å². The Bertz CT molecular complexity index is 539. The first-order valence-corrected chi connectivity index (χ1v) is 8.86. The van der Waals surface area contributed by atoms with E-state index in [1.165, 1.54) is 31.5 Å². The quantitative estimate of drug-likeness (QED) is 0.835. The zero-order valence-electron chi connectivity index (χ0n) is 14.2. The predicted octanol–water partition coefficient (Wildman–Crippen LogP) is 3.31. The van der Waals surface area contributed by atoms with Gasteiger partial charge in [0.15, 0.2) is 0 Å². The summed E-state index contributed by atoms with van der Waals surface area (Å²) in [6.07, 6.45) is -1.80. The smallest absolute Gasteiger partial charge is 0.369 e. The largest absolute Gasteiger partial charge is 0.416 e. The van der Waals surface area contributed by atoms with Gasteiger partial charge in [-0.25, -0.2) is 0 Å². The maximum atomic E-state index is 12.9. The molecule has 2 aliphatic rings. The monoisotopic (exact) mass is 341 g/mol. The molecule has 1 aromatic carbocycles. The van der Waals surface area contributed by atoms with Crippen molar-refractivity contribution in [1.82, 2.24) is 9.80 Å². The van der Waals surface area contributed by atoms with E-state index < -0.39 is 11.7 Å². The molecule has 0 spiro atoms. The van der Waals surface area contributed by atoms with Gasteiger partial charge in [0.2, 0.25) is 0 Å². The molecule has 1 aromatic rings. The minimum atomic E-state index is -4.27. The molecule has 2 aliphatic heterocycles. The van der Waals surface area contributed by atoms with Crippen molar-refractivity contribution in [3.05, 3.63) is 29.8 Å². The van der Waals surface area contributed by atoms with Crippen LogP contribution in [0.15, 0.2) is 24.3 Å². The van der Waals surface area contributed by atoms with E-state index in [9.17, 15) is 13.2 Å². The molecule has 3 rings (SSSR count). The summed E-state index contributed by atoms with van der Waals surface area (Å²) in [6.45, 7) is 9.07. The molecule has 2 saturated heterocycles. The number of benzene rings is 1. The average Bonchev–Trinajstić information content (AvgIpc) is 2.61. The molecule has 24 heavy (non-hydrogen) atoms. The van der Waals surface area contributed by atoms with Crippen LogP contribution < -0.4 is 4.90 Å². The topological polar surface area (TPSA) is 9.72 Å². The first-order valence-electron chi connectivity index (χ1n) is 8.86. The Labute approximate surface area is 142 Å². The summed E-state index contributed by atoms with van der Waals surface area (Å²) in [7, 11) is 0. The molecule has 1 atom stereocenters. The number of halogens is 3. The Hall–Kier alpha value is -1.27. The fraction of sp³-hybridized carbons (Fsp3) is 0.667. The molecule has 134 valence electrons. The second-order valence-corrected chi connectivity index (χ2v) is 6.76. The molecular weight excluding hydrogens is 315 g/mol. The molecule has 2 fully saturated rings. The summed E-state index contributed by atoms with van der Waals surface area (Å²) in [5.74, 6) is 0. The highest BCUT2D eigenvalue weighted by molar-refractivity contribution is 5.49. The molecule has 0 radical (unpaired) electrons. The normalized spacial score (nSPS) is 24.3. The predicted molar refractivity (Wildman–Crippen MR) is 90.4 cm³/mol. The van der Waals surface area contributed by atoms with Crippen molar-refractivity contribution in [1.29, 1.82) is 0 Å². The molecule has 0 amide bonds. The highest BCUT2D eigenvalue weighted by Crippen LogP contribution is 2.32. The van der Waals surface area contributed by atoms with E-state index in [0.717, 1.165) is 45.3 Å². The van der Waals surface area contributed by atoms with E-state index in [1.54, 1.807) is 6.07 Å². The molecule has 1 unspecified atom stereocenters. The summed E-state index contributed by atoms with van der Waals surface area (Å²) in [4.78, 5) is 7.09. The fourth-order valence-corrected chi connectivity index (χ4v) is 3.84. The van der Waals surface area contributed by atoms with E-state index in [1.807, 2.05) is 0 Å². The van der Waals surface area contributed by atoms with Gasteiger partial charge in [0.25, 0.3) is 0 Å². The molecule has 3 nitrogen and oxygen atoms in total. The van der Waals surface area contributed by atoms with Crippen molar-refractivity contribution < 1.29 is 13.2 Å². The van der Waals surface area contributed by atoms with Gasteiger partial charge in [-0.3, -0.25) is 4.90 Å². The van der Waals surface area contributed by atoms with Crippen LogP contribution in [0.1, 0.15) is 25.3 Å². The van der Waals surface area contributed by atoms with Crippen LogP contribution in [0.25, 0.3) is 0 Å². The minimum absolute atomic E-state index is 0.562. The van der Waals surface area contributed by atoms with Crippen LogP contribution in [0.3, 0.4) is 0 Å². The van der Waals surface area contributed by atoms with Crippen LogP contribution in [0.2, 0.25) is 0 Å². The van der Waals surface area contributed by atoms with Gasteiger partial charge in [-0.1, -0.05) is 13.0 Å². The third kappa shape index (κ3) is 4.03. The van der Waals surface area contributed by atoms with Gasteiger partial charge >= 0.3 is 6.18 Å². The lowest BCUT2D eigenvalue weighted by molar-refractivity contribution is -0.137. The summed E-state index contributed by atoms with van der Waals surface area (Å²) in [5.41, 5.74) is 0.122. The number of hydrogen-bond donors (Lipinski definition) is 0. The number of alkyl halides is 3. The van der Waals surface area contributed by atoms with E-state index >= 15 is 0 Å². The fourth-order valence-electron chi connectivity index (χ4n) is 3.84. The molecule has 6 heteroatoms. The summed E-state index contributed by atoms with van der Waals surface area (Å²) < 4.78 is 38.6. The number of piperidine rings is 1. The van der Waals surface area contributed by atoms with Gasteiger partial charge in [-0.2, -0.15) is 13.2 Å². The van der Waals surface area contributed by atoms with Crippen molar-refractivity contribution in [3.8, 4) is 0 Å². The van der Waals surface area contributed by atoms with Crippen molar-refractivity contribution in [2.45, 2.75) is 32.0 Å². The molecule has 2 heterocycles. The van der Waals surface area contributed by atoms with Gasteiger partial charge in [0.1, 0.15) is 0 Å². The number of rotatable bonds is 3. The molecule has 0 aliphatic carbocycles. The molecular formula is C18H26F3N3. The Balaban J connectivity index is 1.59. The first-order chi connectivity index (χ1) is 11.5. The van der Waals surface area contributed by atoms with Crippen molar-refractivity contribution in [3.63, 3.8) is 0 Å². The number of likely N-dealkylation sites (tertiary alicyclic amines) is 1. The second-order valence-electron chi connectivity index (χ2n) is 6.76. The van der Waals surface area contributed by atoms with Crippen LogP contribution >= 0.6 is 0 Å².